The Balaban J connectivity index is 2.54. The number of carbonyl (C=O) groups is 2. The van der Waals surface area contributed by atoms with Gasteiger partial charge in [0.05, 0.1) is 11.9 Å². The second-order valence-corrected chi connectivity index (χ2v) is 12.7. The van der Waals surface area contributed by atoms with Crippen LogP contribution in [0.2, 0.25) is 10.0 Å². The Kier molecular flexibility index (Phi) is 9.84. The van der Waals surface area contributed by atoms with Crippen LogP contribution in [0.4, 0.5) is 5.69 Å². The van der Waals surface area contributed by atoms with Crippen LogP contribution in [-0.4, -0.2) is 49.5 Å². The fraction of sp³-hybridized carbons (Fsp3) is 0.462. The molecule has 0 aliphatic rings. The lowest BCUT2D eigenvalue weighted by atomic mass is 10.1. The average Bonchev–Trinajstić information content (AvgIpc) is 2.73. The molecule has 36 heavy (non-hydrogen) atoms. The van der Waals surface area contributed by atoms with E-state index in [2.05, 4.69) is 5.32 Å². The van der Waals surface area contributed by atoms with E-state index in [0.29, 0.717) is 33.3 Å². The van der Waals surface area contributed by atoms with Crippen molar-refractivity contribution in [3.8, 4) is 0 Å². The highest BCUT2D eigenvalue weighted by atomic mass is 35.5. The number of amides is 2. The first kappa shape index (κ1) is 29.9. The van der Waals surface area contributed by atoms with Crippen LogP contribution < -0.4 is 9.62 Å². The molecule has 0 fully saturated rings. The third-order valence-electron chi connectivity index (χ3n) is 5.55. The van der Waals surface area contributed by atoms with Crippen LogP contribution in [0.5, 0.6) is 0 Å². The number of hydrogen-bond donors (Lipinski definition) is 1. The second-order valence-electron chi connectivity index (χ2n) is 9.98. The number of nitrogens with zero attached hydrogens (tertiary/aromatic N) is 2. The van der Waals surface area contributed by atoms with Crippen LogP contribution in [0, 0.1) is 13.8 Å². The maximum atomic E-state index is 13.8. The van der Waals surface area contributed by atoms with E-state index >= 15 is 0 Å². The number of sulfonamides is 1. The van der Waals surface area contributed by atoms with Crippen molar-refractivity contribution < 1.29 is 18.0 Å². The van der Waals surface area contributed by atoms with Gasteiger partial charge in [0.2, 0.25) is 21.8 Å². The second kappa shape index (κ2) is 11.8. The summed E-state index contributed by atoms with van der Waals surface area (Å²) in [5.74, 6) is -0.857. The maximum absolute atomic E-state index is 13.8. The van der Waals surface area contributed by atoms with Gasteiger partial charge in [0, 0.05) is 22.1 Å². The topological polar surface area (TPSA) is 86.8 Å². The predicted molar refractivity (Wildman–Crippen MR) is 147 cm³/mol. The van der Waals surface area contributed by atoms with E-state index in [9.17, 15) is 18.0 Å². The zero-order chi connectivity index (χ0) is 27.4. The smallest absolute Gasteiger partial charge is 0.244 e. The minimum absolute atomic E-state index is 0.00923. The SMILES string of the molecule is CC[C@@H](C(=O)NC(C)(C)C)N(Cc1ccc(Cl)cc1Cl)C(=O)CN(c1cc(C)ccc1C)S(C)(=O)=O. The van der Waals surface area contributed by atoms with Crippen molar-refractivity contribution >= 4 is 50.7 Å². The molecule has 198 valence electrons. The predicted octanol–water partition coefficient (Wildman–Crippen LogP) is 5.10. The minimum Gasteiger partial charge on any atom is -0.350 e. The van der Waals surface area contributed by atoms with E-state index < -0.39 is 34.1 Å². The van der Waals surface area contributed by atoms with Crippen LogP contribution in [0.25, 0.3) is 0 Å². The number of benzene rings is 2. The van der Waals surface area contributed by atoms with Crippen LogP contribution in [0.1, 0.15) is 50.8 Å². The number of hydrogen-bond acceptors (Lipinski definition) is 4. The van der Waals surface area contributed by atoms with Gasteiger partial charge >= 0.3 is 0 Å². The van der Waals surface area contributed by atoms with Crippen LogP contribution in [0.3, 0.4) is 0 Å². The first-order valence-electron chi connectivity index (χ1n) is 11.6. The molecule has 0 saturated heterocycles. The van der Waals surface area contributed by atoms with Crippen molar-refractivity contribution in [3.63, 3.8) is 0 Å². The Bertz CT molecular complexity index is 1230. The van der Waals surface area contributed by atoms with Gasteiger partial charge in [-0.2, -0.15) is 0 Å². The Morgan fingerprint density at radius 1 is 1.06 bits per heavy atom. The molecule has 0 spiro atoms. The van der Waals surface area contributed by atoms with E-state index in [1.165, 1.54) is 4.90 Å². The summed E-state index contributed by atoms with van der Waals surface area (Å²) in [5, 5.41) is 3.72. The summed E-state index contributed by atoms with van der Waals surface area (Å²) in [5.41, 5.74) is 2.06. The van der Waals surface area contributed by atoms with Gasteiger partial charge in [-0.1, -0.05) is 48.3 Å². The molecule has 7 nitrogen and oxygen atoms in total. The zero-order valence-corrected chi connectivity index (χ0v) is 24.2. The quantitative estimate of drug-likeness (QED) is 0.466. The Labute approximate surface area is 224 Å². The minimum atomic E-state index is -3.81. The monoisotopic (exact) mass is 555 g/mol. The lowest BCUT2D eigenvalue weighted by molar-refractivity contribution is -0.141. The lowest BCUT2D eigenvalue weighted by Gasteiger charge is -2.35. The van der Waals surface area contributed by atoms with E-state index in [0.717, 1.165) is 16.1 Å². The summed E-state index contributed by atoms with van der Waals surface area (Å²) in [4.78, 5) is 28.4. The van der Waals surface area contributed by atoms with Gasteiger partial charge in [-0.15, -0.1) is 0 Å². The molecule has 0 aliphatic heterocycles. The Morgan fingerprint density at radius 3 is 2.22 bits per heavy atom. The van der Waals surface area contributed by atoms with Crippen molar-refractivity contribution in [2.75, 3.05) is 17.1 Å². The normalized spacial score (nSPS) is 12.7. The molecule has 0 bridgehead atoms. The summed E-state index contributed by atoms with van der Waals surface area (Å²) in [6.45, 7) is 10.5. The molecular weight excluding hydrogens is 521 g/mol. The van der Waals surface area contributed by atoms with Crippen LogP contribution in [0.15, 0.2) is 36.4 Å². The fourth-order valence-electron chi connectivity index (χ4n) is 3.79. The summed E-state index contributed by atoms with van der Waals surface area (Å²) in [6.07, 6.45) is 1.38. The fourth-order valence-corrected chi connectivity index (χ4v) is 5.16. The van der Waals surface area contributed by atoms with Crippen molar-refractivity contribution in [2.24, 2.45) is 0 Å². The number of aryl methyl sites for hydroxylation is 2. The van der Waals surface area contributed by atoms with Gasteiger partial charge < -0.3 is 10.2 Å². The molecule has 2 rings (SSSR count). The molecule has 0 heterocycles. The van der Waals surface area contributed by atoms with Gasteiger partial charge in [-0.3, -0.25) is 13.9 Å². The molecule has 1 N–H and O–H groups in total. The molecule has 0 saturated carbocycles. The van der Waals surface area contributed by atoms with Crippen LogP contribution in [-0.2, 0) is 26.2 Å². The summed E-state index contributed by atoms with van der Waals surface area (Å²) in [6, 6.07) is 9.48. The molecule has 0 aliphatic carbocycles. The maximum Gasteiger partial charge on any atom is 0.244 e. The van der Waals surface area contributed by atoms with Crippen molar-refractivity contribution in [1.29, 1.82) is 0 Å². The molecule has 2 aromatic carbocycles. The number of anilines is 1. The first-order chi connectivity index (χ1) is 16.5. The van der Waals surface area contributed by atoms with Crippen molar-refractivity contribution in [3.05, 3.63) is 63.1 Å². The van der Waals surface area contributed by atoms with Crippen LogP contribution >= 0.6 is 23.2 Å². The highest BCUT2D eigenvalue weighted by Gasteiger charge is 2.33. The molecule has 2 amide bonds. The van der Waals surface area contributed by atoms with Gasteiger partial charge in [-0.25, -0.2) is 8.42 Å². The first-order valence-corrected chi connectivity index (χ1v) is 14.2. The average molecular weight is 557 g/mol. The largest absolute Gasteiger partial charge is 0.350 e. The molecule has 0 aromatic heterocycles. The van der Waals surface area contributed by atoms with E-state index in [1.54, 1.807) is 38.1 Å². The molecule has 10 heteroatoms. The van der Waals surface area contributed by atoms with E-state index in [4.69, 9.17) is 23.2 Å². The Morgan fingerprint density at radius 2 is 1.69 bits per heavy atom. The standard InChI is InChI=1S/C26H35Cl2N3O4S/c1-8-22(25(33)29-26(4,5)6)30(15-19-11-12-20(27)14-21(19)28)24(32)16-31(36(7,34)35)23-13-17(2)9-10-18(23)3/h9-14,22H,8,15-16H2,1-7H3,(H,29,33)/t22-/m0/s1. The molecule has 2 aromatic rings. The van der Waals surface area contributed by atoms with Gasteiger partial charge in [0.15, 0.2) is 0 Å². The number of rotatable bonds is 9. The highest BCUT2D eigenvalue weighted by Crippen LogP contribution is 2.27. The summed E-state index contributed by atoms with van der Waals surface area (Å²) >= 11 is 12.4. The zero-order valence-electron chi connectivity index (χ0n) is 21.9. The summed E-state index contributed by atoms with van der Waals surface area (Å²) < 4.78 is 26.7. The molecule has 1 atom stereocenters. The third kappa shape index (κ3) is 8.11. The highest BCUT2D eigenvalue weighted by molar-refractivity contribution is 7.92. The van der Waals surface area contributed by atoms with Crippen molar-refractivity contribution in [2.45, 2.75) is 66.1 Å². The number of halogens is 2. The molecular formula is C26H35Cl2N3O4S. The van der Waals surface area contributed by atoms with Gasteiger partial charge in [0.25, 0.3) is 0 Å². The van der Waals surface area contributed by atoms with E-state index in [1.807, 2.05) is 39.8 Å². The van der Waals surface area contributed by atoms with Crippen molar-refractivity contribution in [1.82, 2.24) is 10.2 Å². The summed E-state index contributed by atoms with van der Waals surface area (Å²) in [7, 11) is -3.81. The van der Waals surface area contributed by atoms with Gasteiger partial charge in [-0.05, 0) is 75.9 Å². The Hall–Kier alpha value is -2.29. The molecule has 0 unspecified atom stereocenters. The number of carbonyl (C=O) groups excluding carboxylic acids is 2. The molecule has 0 radical (unpaired) electrons. The number of nitrogens with one attached hydrogen (secondary N) is 1. The third-order valence-corrected chi connectivity index (χ3v) is 7.27. The lowest BCUT2D eigenvalue weighted by Crippen LogP contribution is -2.55. The van der Waals surface area contributed by atoms with E-state index in [-0.39, 0.29) is 12.5 Å². The van der Waals surface area contributed by atoms with Gasteiger partial charge in [0.1, 0.15) is 12.6 Å².